The number of ether oxygens (including phenoxy) is 1. The van der Waals surface area contributed by atoms with Crippen LogP contribution in [0.25, 0.3) is 0 Å². The number of halogens is 2. The third kappa shape index (κ3) is 5.01. The molecule has 2 atom stereocenters. The van der Waals surface area contributed by atoms with E-state index in [9.17, 15) is 18.4 Å². The number of benzene rings is 3. The van der Waals surface area contributed by atoms with E-state index in [0.29, 0.717) is 55.3 Å². The van der Waals surface area contributed by atoms with Crippen LogP contribution in [0.5, 0.6) is 5.75 Å². The fourth-order valence-corrected chi connectivity index (χ4v) is 5.35. The number of carbonyl (C=O) groups excluding carboxylic acids is 2. The molecule has 2 amide bonds. The molecule has 2 heterocycles. The summed E-state index contributed by atoms with van der Waals surface area (Å²) in [5.41, 5.74) is 1.89. The standard InChI is InChI=1S/C29H29F2N3O3/c1-37-23-12-10-22(11-13-23)34-27(35)15-14-24(28(34)20-6-8-21(30)9-7-20)29(36)33-18-16-32(17-19-33)26-5-3-2-4-25(26)31/h2-13,24,28H,14-19H2,1H3. The Hall–Kier alpha value is -3.94. The first-order valence-corrected chi connectivity index (χ1v) is 12.5. The molecule has 0 aliphatic carbocycles. The SMILES string of the molecule is COc1ccc(N2C(=O)CCC(C(=O)N3CCN(c4ccccc4F)CC3)C2c2ccc(F)cc2)cc1. The second kappa shape index (κ2) is 10.6. The van der Waals surface area contributed by atoms with Crippen molar-refractivity contribution >= 4 is 23.2 Å². The monoisotopic (exact) mass is 505 g/mol. The Kier molecular flexibility index (Phi) is 7.08. The minimum atomic E-state index is -0.577. The number of nitrogens with zero attached hydrogens (tertiary/aromatic N) is 3. The zero-order valence-electron chi connectivity index (χ0n) is 20.6. The van der Waals surface area contributed by atoms with E-state index < -0.39 is 12.0 Å². The zero-order valence-corrected chi connectivity index (χ0v) is 20.6. The summed E-state index contributed by atoms with van der Waals surface area (Å²) in [6.07, 6.45) is 0.634. The number of carbonyl (C=O) groups is 2. The average Bonchev–Trinajstić information content (AvgIpc) is 2.93. The van der Waals surface area contributed by atoms with Gasteiger partial charge in [0.05, 0.1) is 24.8 Å². The van der Waals surface area contributed by atoms with Crippen LogP contribution >= 0.6 is 0 Å². The Morgan fingerprint density at radius 3 is 2.22 bits per heavy atom. The maximum Gasteiger partial charge on any atom is 0.228 e. The molecule has 2 fully saturated rings. The summed E-state index contributed by atoms with van der Waals surface area (Å²) in [6.45, 7) is 1.94. The molecule has 2 unspecified atom stereocenters. The van der Waals surface area contributed by atoms with Gasteiger partial charge in [-0.3, -0.25) is 9.59 Å². The number of para-hydroxylation sites is 1. The Balaban J connectivity index is 1.42. The summed E-state index contributed by atoms with van der Waals surface area (Å²) < 4.78 is 33.3. The average molecular weight is 506 g/mol. The molecule has 3 aromatic rings. The van der Waals surface area contributed by atoms with E-state index in [4.69, 9.17) is 4.74 Å². The predicted octanol–water partition coefficient (Wildman–Crippen LogP) is 4.81. The van der Waals surface area contributed by atoms with E-state index in [0.717, 1.165) is 0 Å². The zero-order chi connectivity index (χ0) is 25.9. The first-order valence-electron chi connectivity index (χ1n) is 12.5. The van der Waals surface area contributed by atoms with Crippen molar-refractivity contribution in [2.24, 2.45) is 5.92 Å². The highest BCUT2D eigenvalue weighted by atomic mass is 19.1. The molecule has 0 aromatic heterocycles. The minimum absolute atomic E-state index is 0.0477. The molecule has 2 aliphatic heterocycles. The summed E-state index contributed by atoms with van der Waals surface area (Å²) >= 11 is 0. The third-order valence-corrected chi connectivity index (χ3v) is 7.26. The molecule has 0 saturated carbocycles. The highest BCUT2D eigenvalue weighted by molar-refractivity contribution is 5.97. The fourth-order valence-electron chi connectivity index (χ4n) is 5.35. The molecule has 192 valence electrons. The molecule has 2 aliphatic rings. The first kappa shape index (κ1) is 24.7. The van der Waals surface area contributed by atoms with E-state index in [1.54, 1.807) is 71.5 Å². The Bertz CT molecular complexity index is 1260. The van der Waals surface area contributed by atoms with E-state index in [1.165, 1.54) is 18.2 Å². The van der Waals surface area contributed by atoms with Gasteiger partial charge < -0.3 is 19.4 Å². The molecule has 0 bridgehead atoms. The quantitative estimate of drug-likeness (QED) is 0.500. The van der Waals surface area contributed by atoms with Crippen molar-refractivity contribution in [3.63, 3.8) is 0 Å². The van der Waals surface area contributed by atoms with Crippen molar-refractivity contribution in [2.75, 3.05) is 43.1 Å². The number of rotatable bonds is 5. The number of piperazine rings is 1. The van der Waals surface area contributed by atoms with Gasteiger partial charge in [-0.1, -0.05) is 24.3 Å². The number of hydrogen-bond acceptors (Lipinski definition) is 4. The Morgan fingerprint density at radius 1 is 0.892 bits per heavy atom. The van der Waals surface area contributed by atoms with Gasteiger partial charge in [0.2, 0.25) is 11.8 Å². The van der Waals surface area contributed by atoms with Crippen LogP contribution in [0.15, 0.2) is 72.8 Å². The second-order valence-corrected chi connectivity index (χ2v) is 9.37. The molecule has 8 heteroatoms. The van der Waals surface area contributed by atoms with Crippen LogP contribution in [-0.4, -0.2) is 50.0 Å². The van der Waals surface area contributed by atoms with Gasteiger partial charge in [-0.2, -0.15) is 0 Å². The minimum Gasteiger partial charge on any atom is -0.497 e. The third-order valence-electron chi connectivity index (χ3n) is 7.26. The molecule has 2 saturated heterocycles. The number of methoxy groups -OCH3 is 1. The van der Waals surface area contributed by atoms with Crippen LogP contribution in [0.1, 0.15) is 24.4 Å². The van der Waals surface area contributed by atoms with Crippen molar-refractivity contribution < 1.29 is 23.1 Å². The molecule has 5 rings (SSSR count). The lowest BCUT2D eigenvalue weighted by Crippen LogP contribution is -2.54. The first-order chi connectivity index (χ1) is 18.0. The van der Waals surface area contributed by atoms with E-state index in [1.807, 2.05) is 4.90 Å². The highest BCUT2D eigenvalue weighted by Crippen LogP contribution is 2.41. The number of anilines is 2. The van der Waals surface area contributed by atoms with Gasteiger partial charge in [-0.25, -0.2) is 8.78 Å². The van der Waals surface area contributed by atoms with Crippen molar-refractivity contribution in [3.05, 3.63) is 90.0 Å². The van der Waals surface area contributed by atoms with Crippen molar-refractivity contribution in [2.45, 2.75) is 18.9 Å². The van der Waals surface area contributed by atoms with E-state index in [2.05, 4.69) is 0 Å². The van der Waals surface area contributed by atoms with Crippen LogP contribution in [-0.2, 0) is 9.59 Å². The van der Waals surface area contributed by atoms with Crippen molar-refractivity contribution in [1.82, 2.24) is 4.90 Å². The smallest absolute Gasteiger partial charge is 0.228 e. The van der Waals surface area contributed by atoms with Crippen molar-refractivity contribution in [3.8, 4) is 5.75 Å². The summed E-state index contributed by atoms with van der Waals surface area (Å²) in [6, 6.07) is 19.2. The normalized spacial score (nSPS) is 20.2. The van der Waals surface area contributed by atoms with Crippen LogP contribution < -0.4 is 14.5 Å². The fraction of sp³-hybridized carbons (Fsp3) is 0.310. The van der Waals surface area contributed by atoms with Crippen LogP contribution in [0.4, 0.5) is 20.2 Å². The maximum atomic E-state index is 14.3. The van der Waals surface area contributed by atoms with E-state index in [-0.39, 0.29) is 29.9 Å². The van der Waals surface area contributed by atoms with Crippen LogP contribution in [0, 0.1) is 17.6 Å². The highest BCUT2D eigenvalue weighted by Gasteiger charge is 2.43. The number of piperidine rings is 1. The largest absolute Gasteiger partial charge is 0.497 e. The summed E-state index contributed by atoms with van der Waals surface area (Å²) in [7, 11) is 1.57. The Morgan fingerprint density at radius 2 is 1.57 bits per heavy atom. The molecule has 0 radical (unpaired) electrons. The van der Waals surface area contributed by atoms with Gasteiger partial charge in [0.15, 0.2) is 0 Å². The second-order valence-electron chi connectivity index (χ2n) is 9.37. The topological polar surface area (TPSA) is 53.1 Å². The van der Waals surface area contributed by atoms with Crippen LogP contribution in [0.2, 0.25) is 0 Å². The van der Waals surface area contributed by atoms with Gasteiger partial charge in [0, 0.05) is 38.3 Å². The lowest BCUT2D eigenvalue weighted by molar-refractivity contribution is -0.138. The number of amides is 2. The molecule has 3 aromatic carbocycles. The van der Waals surface area contributed by atoms with Gasteiger partial charge in [0.1, 0.15) is 17.4 Å². The molecule has 0 spiro atoms. The number of hydrogen-bond donors (Lipinski definition) is 0. The summed E-state index contributed by atoms with van der Waals surface area (Å²) in [5.74, 6) is -0.632. The van der Waals surface area contributed by atoms with E-state index >= 15 is 0 Å². The Labute approximate surface area is 215 Å². The predicted molar refractivity (Wildman–Crippen MR) is 138 cm³/mol. The van der Waals surface area contributed by atoms with Gasteiger partial charge in [0.25, 0.3) is 0 Å². The molecule has 6 nitrogen and oxygen atoms in total. The molecular formula is C29H29F2N3O3. The summed E-state index contributed by atoms with van der Waals surface area (Å²) in [5, 5.41) is 0. The van der Waals surface area contributed by atoms with Crippen molar-refractivity contribution in [1.29, 1.82) is 0 Å². The molecule has 37 heavy (non-hydrogen) atoms. The molecular weight excluding hydrogens is 476 g/mol. The maximum absolute atomic E-state index is 14.3. The van der Waals surface area contributed by atoms with Crippen LogP contribution in [0.3, 0.4) is 0 Å². The molecule has 0 N–H and O–H groups in total. The lowest BCUT2D eigenvalue weighted by atomic mass is 9.82. The van der Waals surface area contributed by atoms with Gasteiger partial charge in [-0.15, -0.1) is 0 Å². The van der Waals surface area contributed by atoms with Gasteiger partial charge >= 0.3 is 0 Å². The summed E-state index contributed by atoms with van der Waals surface area (Å²) in [4.78, 5) is 32.5. The van der Waals surface area contributed by atoms with Gasteiger partial charge in [-0.05, 0) is 60.5 Å². The lowest BCUT2D eigenvalue weighted by Gasteiger charge is -2.44.